The first-order valence-electron chi connectivity index (χ1n) is 6.10. The molecule has 1 atom stereocenters. The van der Waals surface area contributed by atoms with Gasteiger partial charge >= 0.3 is 0 Å². The van der Waals surface area contributed by atoms with Crippen LogP contribution in [-0.2, 0) is 17.8 Å². The Morgan fingerprint density at radius 2 is 2.44 bits per heavy atom. The van der Waals surface area contributed by atoms with Gasteiger partial charge < -0.3 is 10.1 Å². The Labute approximate surface area is 97.2 Å². The Hall–Kier alpha value is -0.930. The van der Waals surface area contributed by atoms with Crippen LogP contribution in [0.25, 0.3) is 0 Å². The molecule has 1 fully saturated rings. The molecule has 0 aliphatic carbocycles. The highest BCUT2D eigenvalue weighted by Crippen LogP contribution is 2.09. The minimum absolute atomic E-state index is 0.639. The Bertz CT molecular complexity index is 304. The molecule has 2 heterocycles. The first-order valence-corrected chi connectivity index (χ1v) is 6.10. The maximum atomic E-state index is 5.67. The van der Waals surface area contributed by atoms with Crippen molar-refractivity contribution < 1.29 is 4.74 Å². The first-order chi connectivity index (χ1) is 7.88. The van der Waals surface area contributed by atoms with Crippen LogP contribution in [-0.4, -0.2) is 24.7 Å². The third-order valence-electron chi connectivity index (χ3n) is 3.06. The topological polar surface area (TPSA) is 34.1 Å². The highest BCUT2D eigenvalue weighted by molar-refractivity contribution is 5.13. The zero-order valence-electron chi connectivity index (χ0n) is 9.91. The summed E-state index contributed by atoms with van der Waals surface area (Å²) in [6.45, 7) is 5.87. The van der Waals surface area contributed by atoms with Crippen LogP contribution < -0.4 is 5.32 Å². The minimum atomic E-state index is 0.639. The van der Waals surface area contributed by atoms with E-state index < -0.39 is 0 Å². The van der Waals surface area contributed by atoms with E-state index in [9.17, 15) is 0 Å². The van der Waals surface area contributed by atoms with Crippen LogP contribution in [0.4, 0.5) is 0 Å². The van der Waals surface area contributed by atoms with Crippen molar-refractivity contribution in [3.05, 3.63) is 29.6 Å². The van der Waals surface area contributed by atoms with Crippen molar-refractivity contribution in [3.63, 3.8) is 0 Å². The van der Waals surface area contributed by atoms with E-state index in [1.165, 1.54) is 12.0 Å². The van der Waals surface area contributed by atoms with E-state index in [2.05, 4.69) is 29.4 Å². The second kappa shape index (κ2) is 5.97. The molecule has 0 unspecified atom stereocenters. The Morgan fingerprint density at radius 3 is 3.06 bits per heavy atom. The molecule has 16 heavy (non-hydrogen) atoms. The molecule has 3 nitrogen and oxygen atoms in total. The van der Waals surface area contributed by atoms with E-state index in [0.29, 0.717) is 12.5 Å². The second-order valence-electron chi connectivity index (χ2n) is 4.39. The van der Waals surface area contributed by atoms with Gasteiger partial charge in [0, 0.05) is 12.7 Å². The molecule has 3 heteroatoms. The highest BCUT2D eigenvalue weighted by Gasteiger charge is 2.14. The summed E-state index contributed by atoms with van der Waals surface area (Å²) in [5.74, 6) is 0.690. The maximum Gasteiger partial charge on any atom is 0.0887 e. The number of hydrogen-bond donors (Lipinski definition) is 1. The molecule has 1 aromatic heterocycles. The van der Waals surface area contributed by atoms with Crippen molar-refractivity contribution in [1.29, 1.82) is 0 Å². The predicted molar refractivity (Wildman–Crippen MR) is 64.2 cm³/mol. The molecule has 0 saturated carbocycles. The van der Waals surface area contributed by atoms with Gasteiger partial charge in [0.1, 0.15) is 0 Å². The highest BCUT2D eigenvalue weighted by atomic mass is 16.5. The lowest BCUT2D eigenvalue weighted by Gasteiger charge is -2.09. The van der Waals surface area contributed by atoms with Crippen LogP contribution in [0.15, 0.2) is 18.3 Å². The smallest absolute Gasteiger partial charge is 0.0887 e. The summed E-state index contributed by atoms with van der Waals surface area (Å²) in [5, 5.41) is 3.34. The summed E-state index contributed by atoms with van der Waals surface area (Å²) in [6.07, 6.45) is 4.22. The van der Waals surface area contributed by atoms with Crippen LogP contribution in [0.3, 0.4) is 0 Å². The average molecular weight is 220 g/mol. The van der Waals surface area contributed by atoms with Gasteiger partial charge in [-0.25, -0.2) is 0 Å². The average Bonchev–Trinajstić information content (AvgIpc) is 2.83. The molecule has 0 amide bonds. The molecule has 88 valence electrons. The molecule has 1 saturated heterocycles. The van der Waals surface area contributed by atoms with Crippen LogP contribution in [0.1, 0.15) is 24.6 Å². The van der Waals surface area contributed by atoms with E-state index in [4.69, 9.17) is 4.74 Å². The number of nitrogens with one attached hydrogen (secondary N) is 1. The van der Waals surface area contributed by atoms with Crippen molar-refractivity contribution in [1.82, 2.24) is 10.3 Å². The molecule has 1 aromatic rings. The molecular weight excluding hydrogens is 200 g/mol. The quantitative estimate of drug-likeness (QED) is 0.821. The third kappa shape index (κ3) is 3.29. The largest absolute Gasteiger partial charge is 0.375 e. The predicted octanol–water partition coefficient (Wildman–Crippen LogP) is 1.77. The van der Waals surface area contributed by atoms with Crippen LogP contribution in [0.2, 0.25) is 0 Å². The van der Waals surface area contributed by atoms with Crippen LogP contribution in [0.5, 0.6) is 0 Å². The Balaban J connectivity index is 1.71. The first kappa shape index (κ1) is 11.6. The second-order valence-corrected chi connectivity index (χ2v) is 4.39. The van der Waals surface area contributed by atoms with Crippen molar-refractivity contribution in [2.24, 2.45) is 5.92 Å². The van der Waals surface area contributed by atoms with Gasteiger partial charge in [-0.2, -0.15) is 0 Å². The fourth-order valence-corrected chi connectivity index (χ4v) is 1.94. The third-order valence-corrected chi connectivity index (χ3v) is 3.06. The fourth-order valence-electron chi connectivity index (χ4n) is 1.94. The normalized spacial score (nSPS) is 20.2. The molecule has 2 rings (SSSR count). The molecule has 0 bridgehead atoms. The summed E-state index contributed by atoms with van der Waals surface area (Å²) in [4.78, 5) is 4.37. The van der Waals surface area contributed by atoms with E-state index in [1.54, 1.807) is 0 Å². The van der Waals surface area contributed by atoms with E-state index >= 15 is 0 Å². The molecule has 1 aliphatic rings. The van der Waals surface area contributed by atoms with E-state index in [1.807, 2.05) is 6.20 Å². The van der Waals surface area contributed by atoms with Gasteiger partial charge in [-0.15, -0.1) is 0 Å². The monoisotopic (exact) mass is 220 g/mol. The van der Waals surface area contributed by atoms with Crippen molar-refractivity contribution >= 4 is 0 Å². The number of ether oxygens (including phenoxy) is 1. The standard InChI is InChI=1S/C13H20N2O/c1-2-11-3-4-13(15-8-11)10-16-9-12-5-6-14-7-12/h3-4,8,12,14H,2,5-7,9-10H2,1H3/t12-/m1/s1. The Kier molecular flexibility index (Phi) is 4.31. The fraction of sp³-hybridized carbons (Fsp3) is 0.615. The van der Waals surface area contributed by atoms with Gasteiger partial charge in [0.25, 0.3) is 0 Å². The van der Waals surface area contributed by atoms with Gasteiger partial charge in [0.05, 0.1) is 18.9 Å². The molecule has 1 N–H and O–H groups in total. The van der Waals surface area contributed by atoms with Gasteiger partial charge in [-0.1, -0.05) is 13.0 Å². The van der Waals surface area contributed by atoms with Crippen LogP contribution in [0, 0.1) is 5.92 Å². The molecule has 0 radical (unpaired) electrons. The molecule has 0 spiro atoms. The number of hydrogen-bond acceptors (Lipinski definition) is 3. The summed E-state index contributed by atoms with van der Waals surface area (Å²) < 4.78 is 5.67. The number of rotatable bonds is 5. The number of pyridine rings is 1. The van der Waals surface area contributed by atoms with E-state index in [-0.39, 0.29) is 0 Å². The van der Waals surface area contributed by atoms with Crippen LogP contribution >= 0.6 is 0 Å². The lowest BCUT2D eigenvalue weighted by atomic mass is 10.1. The summed E-state index contributed by atoms with van der Waals surface area (Å²) in [7, 11) is 0. The van der Waals surface area contributed by atoms with E-state index in [0.717, 1.165) is 31.8 Å². The SMILES string of the molecule is CCc1ccc(COC[C@@H]2CCNC2)nc1. The summed E-state index contributed by atoms with van der Waals surface area (Å²) >= 11 is 0. The summed E-state index contributed by atoms with van der Waals surface area (Å²) in [5.41, 5.74) is 2.31. The lowest BCUT2D eigenvalue weighted by molar-refractivity contribution is 0.0902. The van der Waals surface area contributed by atoms with Gasteiger partial charge in [-0.3, -0.25) is 4.98 Å². The van der Waals surface area contributed by atoms with Crippen molar-refractivity contribution in [3.8, 4) is 0 Å². The lowest BCUT2D eigenvalue weighted by Crippen LogP contribution is -2.13. The van der Waals surface area contributed by atoms with Crippen molar-refractivity contribution in [2.45, 2.75) is 26.4 Å². The summed E-state index contributed by atoms with van der Waals surface area (Å²) in [6, 6.07) is 4.19. The number of nitrogens with zero attached hydrogens (tertiary/aromatic N) is 1. The molecule has 1 aliphatic heterocycles. The maximum absolute atomic E-state index is 5.67. The zero-order valence-corrected chi connectivity index (χ0v) is 9.91. The molecule has 0 aromatic carbocycles. The number of aromatic nitrogens is 1. The van der Waals surface area contributed by atoms with Crippen molar-refractivity contribution in [2.75, 3.05) is 19.7 Å². The van der Waals surface area contributed by atoms with Gasteiger partial charge in [-0.05, 0) is 36.9 Å². The molecular formula is C13H20N2O. The number of aryl methyl sites for hydroxylation is 1. The Morgan fingerprint density at radius 1 is 1.50 bits per heavy atom. The van der Waals surface area contributed by atoms with Gasteiger partial charge in [0.15, 0.2) is 0 Å². The van der Waals surface area contributed by atoms with Gasteiger partial charge in [0.2, 0.25) is 0 Å². The zero-order chi connectivity index (χ0) is 11.2. The minimum Gasteiger partial charge on any atom is -0.375 e.